The molecule has 0 saturated heterocycles. The Kier molecular flexibility index (Phi) is 6.09. The minimum Gasteiger partial charge on any atom is -0.377 e. The molecule has 0 heterocycles. The van der Waals surface area contributed by atoms with Gasteiger partial charge in [-0.2, -0.15) is 0 Å². The van der Waals surface area contributed by atoms with Crippen LogP contribution in [0.15, 0.2) is 18.2 Å². The third kappa shape index (κ3) is 5.02. The topological polar surface area (TPSA) is 52.4 Å². The third-order valence-corrected chi connectivity index (χ3v) is 2.94. The second-order valence-electron chi connectivity index (χ2n) is 4.62. The number of hydrogen-bond donors (Lipinski definition) is 0. The van der Waals surface area contributed by atoms with Crippen LogP contribution in [0.4, 0.5) is 5.69 Å². The van der Waals surface area contributed by atoms with Gasteiger partial charge < -0.3 is 4.74 Å². The van der Waals surface area contributed by atoms with E-state index in [9.17, 15) is 10.1 Å². The highest BCUT2D eigenvalue weighted by Crippen LogP contribution is 2.22. The molecule has 0 atom stereocenters. The lowest BCUT2D eigenvalue weighted by Gasteiger charge is -2.07. The van der Waals surface area contributed by atoms with Gasteiger partial charge in [0.2, 0.25) is 0 Å². The molecule has 1 aromatic rings. The molecule has 0 amide bonds. The molecule has 0 radical (unpaired) electrons. The van der Waals surface area contributed by atoms with E-state index in [0.717, 1.165) is 12.8 Å². The van der Waals surface area contributed by atoms with Gasteiger partial charge >= 0.3 is 0 Å². The molecule has 0 aliphatic rings. The van der Waals surface area contributed by atoms with Crippen molar-refractivity contribution in [2.45, 2.75) is 33.3 Å². The molecule has 5 heteroatoms. The first-order chi connectivity index (χ1) is 8.50. The highest BCUT2D eigenvalue weighted by Gasteiger charge is 2.09. The molecular weight excluding hydrogens is 254 g/mol. The quantitative estimate of drug-likeness (QED) is 0.424. The van der Waals surface area contributed by atoms with Crippen LogP contribution < -0.4 is 0 Å². The number of ether oxygens (including phenoxy) is 1. The van der Waals surface area contributed by atoms with Crippen molar-refractivity contribution >= 4 is 17.3 Å². The van der Waals surface area contributed by atoms with Crippen LogP contribution in [0.2, 0.25) is 5.02 Å². The molecule has 1 rings (SSSR count). The maximum absolute atomic E-state index is 10.6. The zero-order chi connectivity index (χ0) is 13.5. The fourth-order valence-corrected chi connectivity index (χ4v) is 1.73. The molecule has 0 bridgehead atoms. The number of nitro benzene ring substituents is 1. The number of nitro groups is 1. The smallest absolute Gasteiger partial charge is 0.269 e. The van der Waals surface area contributed by atoms with E-state index in [1.54, 1.807) is 0 Å². The number of hydrogen-bond acceptors (Lipinski definition) is 3. The first-order valence-corrected chi connectivity index (χ1v) is 6.39. The first kappa shape index (κ1) is 14.9. The van der Waals surface area contributed by atoms with Gasteiger partial charge in [-0.25, -0.2) is 0 Å². The highest BCUT2D eigenvalue weighted by atomic mass is 35.5. The first-order valence-electron chi connectivity index (χ1n) is 6.01. The van der Waals surface area contributed by atoms with Crippen LogP contribution in [0.3, 0.4) is 0 Å². The van der Waals surface area contributed by atoms with Crippen molar-refractivity contribution in [3.05, 3.63) is 38.9 Å². The van der Waals surface area contributed by atoms with Crippen molar-refractivity contribution in [1.82, 2.24) is 0 Å². The normalized spacial score (nSPS) is 10.9. The molecule has 0 aromatic heterocycles. The van der Waals surface area contributed by atoms with Crippen LogP contribution in [0.5, 0.6) is 0 Å². The predicted molar refractivity (Wildman–Crippen MR) is 71.8 cm³/mol. The Hall–Kier alpha value is -1.13. The fraction of sp³-hybridized carbons (Fsp3) is 0.538. The van der Waals surface area contributed by atoms with E-state index in [4.69, 9.17) is 16.3 Å². The molecule has 0 aliphatic heterocycles. The Morgan fingerprint density at radius 1 is 1.44 bits per heavy atom. The van der Waals surface area contributed by atoms with Gasteiger partial charge in [0.15, 0.2) is 0 Å². The average Bonchev–Trinajstić information content (AvgIpc) is 2.30. The Morgan fingerprint density at radius 3 is 2.78 bits per heavy atom. The summed E-state index contributed by atoms with van der Waals surface area (Å²) in [5.41, 5.74) is 0.704. The number of halogens is 1. The number of nitrogens with zero attached hydrogens (tertiary/aromatic N) is 1. The number of rotatable bonds is 7. The van der Waals surface area contributed by atoms with E-state index in [2.05, 4.69) is 13.8 Å². The highest BCUT2D eigenvalue weighted by molar-refractivity contribution is 6.31. The molecule has 0 spiro atoms. The van der Waals surface area contributed by atoms with E-state index < -0.39 is 4.92 Å². The van der Waals surface area contributed by atoms with Gasteiger partial charge in [0.25, 0.3) is 5.69 Å². The Labute approximate surface area is 112 Å². The van der Waals surface area contributed by atoms with Gasteiger partial charge in [-0.15, -0.1) is 0 Å². The second-order valence-corrected chi connectivity index (χ2v) is 5.03. The fourth-order valence-electron chi connectivity index (χ4n) is 1.56. The van der Waals surface area contributed by atoms with Crippen molar-refractivity contribution in [3.63, 3.8) is 0 Å². The van der Waals surface area contributed by atoms with Gasteiger partial charge in [-0.05, 0) is 24.8 Å². The van der Waals surface area contributed by atoms with Crippen LogP contribution >= 0.6 is 11.6 Å². The minimum absolute atomic E-state index is 0.0418. The van der Waals surface area contributed by atoms with Crippen LogP contribution in [-0.4, -0.2) is 11.5 Å². The monoisotopic (exact) mass is 271 g/mol. The second kappa shape index (κ2) is 7.34. The number of non-ortho nitro benzene ring substituents is 1. The summed E-state index contributed by atoms with van der Waals surface area (Å²) in [5.74, 6) is 0.662. The van der Waals surface area contributed by atoms with E-state index in [0.29, 0.717) is 29.7 Å². The summed E-state index contributed by atoms with van der Waals surface area (Å²) in [6.07, 6.45) is 2.10. The summed E-state index contributed by atoms with van der Waals surface area (Å²) < 4.78 is 5.48. The standard InChI is InChI=1S/C13H18ClNO3/c1-10(2)4-3-7-18-9-11-8-12(15(16)17)5-6-13(11)14/h5-6,8,10H,3-4,7,9H2,1-2H3. The van der Waals surface area contributed by atoms with E-state index >= 15 is 0 Å². The largest absolute Gasteiger partial charge is 0.377 e. The average molecular weight is 272 g/mol. The molecule has 18 heavy (non-hydrogen) atoms. The number of benzene rings is 1. The van der Waals surface area contributed by atoms with Crippen LogP contribution in [-0.2, 0) is 11.3 Å². The maximum atomic E-state index is 10.6. The summed E-state index contributed by atoms with van der Waals surface area (Å²) in [7, 11) is 0. The summed E-state index contributed by atoms with van der Waals surface area (Å²) >= 11 is 5.96. The van der Waals surface area contributed by atoms with Gasteiger partial charge in [0, 0.05) is 29.3 Å². The molecule has 0 aliphatic carbocycles. The van der Waals surface area contributed by atoms with Gasteiger partial charge in [0.05, 0.1) is 11.5 Å². The summed E-state index contributed by atoms with van der Waals surface area (Å²) in [4.78, 5) is 10.2. The molecular formula is C13H18ClNO3. The summed E-state index contributed by atoms with van der Waals surface area (Å²) in [6.45, 7) is 5.30. The molecule has 0 unspecified atom stereocenters. The van der Waals surface area contributed by atoms with Gasteiger partial charge in [-0.1, -0.05) is 25.4 Å². The molecule has 100 valence electrons. The van der Waals surface area contributed by atoms with E-state index in [1.807, 2.05) is 0 Å². The molecule has 0 saturated carbocycles. The lowest BCUT2D eigenvalue weighted by molar-refractivity contribution is -0.384. The molecule has 0 N–H and O–H groups in total. The Balaban J connectivity index is 2.46. The Bertz CT molecular complexity index is 407. The lowest BCUT2D eigenvalue weighted by Crippen LogP contribution is -1.99. The van der Waals surface area contributed by atoms with E-state index in [-0.39, 0.29) is 5.69 Å². The van der Waals surface area contributed by atoms with Gasteiger partial charge in [0.1, 0.15) is 0 Å². The minimum atomic E-state index is -0.432. The maximum Gasteiger partial charge on any atom is 0.269 e. The molecule has 0 fully saturated rings. The van der Waals surface area contributed by atoms with Crippen molar-refractivity contribution in [2.75, 3.05) is 6.61 Å². The Morgan fingerprint density at radius 2 is 2.17 bits per heavy atom. The van der Waals surface area contributed by atoms with Crippen LogP contribution in [0.25, 0.3) is 0 Å². The van der Waals surface area contributed by atoms with Crippen molar-refractivity contribution in [1.29, 1.82) is 0 Å². The summed E-state index contributed by atoms with van der Waals surface area (Å²) in [5, 5.41) is 11.1. The van der Waals surface area contributed by atoms with Crippen molar-refractivity contribution in [2.24, 2.45) is 5.92 Å². The van der Waals surface area contributed by atoms with Crippen molar-refractivity contribution in [3.8, 4) is 0 Å². The van der Waals surface area contributed by atoms with Crippen LogP contribution in [0, 0.1) is 16.0 Å². The lowest BCUT2D eigenvalue weighted by atomic mass is 10.1. The zero-order valence-electron chi connectivity index (χ0n) is 10.7. The summed E-state index contributed by atoms with van der Waals surface area (Å²) in [6, 6.07) is 4.39. The molecule has 1 aromatic carbocycles. The predicted octanol–water partition coefficient (Wildman–Crippen LogP) is 4.20. The van der Waals surface area contributed by atoms with Gasteiger partial charge in [-0.3, -0.25) is 10.1 Å². The zero-order valence-corrected chi connectivity index (χ0v) is 11.4. The van der Waals surface area contributed by atoms with Crippen LogP contribution in [0.1, 0.15) is 32.3 Å². The van der Waals surface area contributed by atoms with Crippen molar-refractivity contribution < 1.29 is 9.66 Å². The SMILES string of the molecule is CC(C)CCCOCc1cc([N+](=O)[O-])ccc1Cl. The third-order valence-electron chi connectivity index (χ3n) is 2.57. The molecule has 4 nitrogen and oxygen atoms in total. The van der Waals surface area contributed by atoms with E-state index in [1.165, 1.54) is 18.2 Å².